The Morgan fingerprint density at radius 3 is 2.95 bits per heavy atom. The number of halogens is 2. The van der Waals surface area contributed by atoms with Gasteiger partial charge in [-0.15, -0.1) is 12.4 Å². The monoisotopic (exact) mass is 313 g/mol. The molecule has 1 aromatic heterocycles. The van der Waals surface area contributed by atoms with Crippen molar-refractivity contribution in [2.45, 2.75) is 31.8 Å². The zero-order chi connectivity index (χ0) is 13.4. The molecule has 3 N–H and O–H groups in total. The molecule has 3 rings (SSSR count). The van der Waals surface area contributed by atoms with E-state index in [2.05, 4.69) is 9.55 Å². The lowest BCUT2D eigenvalue weighted by atomic mass is 9.88. The van der Waals surface area contributed by atoms with E-state index in [0.29, 0.717) is 12.6 Å². The van der Waals surface area contributed by atoms with Gasteiger partial charge in [0.25, 0.3) is 0 Å². The lowest BCUT2D eigenvalue weighted by Crippen LogP contribution is -2.21. The van der Waals surface area contributed by atoms with Gasteiger partial charge in [-0.2, -0.15) is 0 Å². The molecule has 1 unspecified atom stereocenters. The lowest BCUT2D eigenvalue weighted by molar-refractivity contribution is 0.426. The van der Waals surface area contributed by atoms with Crippen molar-refractivity contribution < 1.29 is 4.39 Å². The topological polar surface area (TPSA) is 46.7 Å². The van der Waals surface area contributed by atoms with Gasteiger partial charge in [-0.05, 0) is 54.7 Å². The molecule has 20 heavy (non-hydrogen) atoms. The Morgan fingerprint density at radius 2 is 2.20 bits per heavy atom. The number of aryl methyl sites for hydroxylation is 1. The van der Waals surface area contributed by atoms with E-state index in [1.165, 1.54) is 11.6 Å². The highest BCUT2D eigenvalue weighted by Gasteiger charge is 2.22. The Morgan fingerprint density at radius 1 is 1.40 bits per heavy atom. The fourth-order valence-corrected chi connectivity index (χ4v) is 3.22. The van der Waals surface area contributed by atoms with E-state index in [9.17, 15) is 4.39 Å². The van der Waals surface area contributed by atoms with E-state index >= 15 is 0 Å². The number of nitrogens with two attached hydrogens (primary N) is 1. The van der Waals surface area contributed by atoms with E-state index in [-0.39, 0.29) is 18.2 Å². The normalized spacial score (nSPS) is 17.4. The van der Waals surface area contributed by atoms with Crippen molar-refractivity contribution in [3.05, 3.63) is 51.8 Å². The van der Waals surface area contributed by atoms with Gasteiger partial charge in [0.15, 0.2) is 4.77 Å². The maximum absolute atomic E-state index is 13.2. The molecular formula is C14H17ClFN3S. The van der Waals surface area contributed by atoms with Crippen LogP contribution in [0, 0.1) is 10.6 Å². The summed E-state index contributed by atoms with van der Waals surface area (Å²) in [7, 11) is 0. The van der Waals surface area contributed by atoms with E-state index in [0.717, 1.165) is 35.3 Å². The van der Waals surface area contributed by atoms with Gasteiger partial charge in [-0.3, -0.25) is 0 Å². The van der Waals surface area contributed by atoms with Crippen LogP contribution in [0.1, 0.15) is 29.3 Å². The fraction of sp³-hybridized carbons (Fsp3) is 0.357. The first-order valence-corrected chi connectivity index (χ1v) is 6.86. The van der Waals surface area contributed by atoms with Crippen LogP contribution in [0.15, 0.2) is 24.4 Å². The molecule has 0 fully saturated rings. The zero-order valence-electron chi connectivity index (χ0n) is 10.9. The predicted molar refractivity (Wildman–Crippen MR) is 82.2 cm³/mol. The molecule has 0 spiro atoms. The zero-order valence-corrected chi connectivity index (χ0v) is 12.6. The quantitative estimate of drug-likeness (QED) is 0.836. The summed E-state index contributed by atoms with van der Waals surface area (Å²) in [6.45, 7) is 0.472. The number of H-pyrrole nitrogens is 1. The number of nitrogens with zero attached hydrogens (tertiary/aromatic N) is 1. The summed E-state index contributed by atoms with van der Waals surface area (Å²) in [5, 5.41) is 0. The second kappa shape index (κ2) is 6.08. The summed E-state index contributed by atoms with van der Waals surface area (Å²) in [6.07, 6.45) is 4.61. The van der Waals surface area contributed by atoms with Gasteiger partial charge in [0.05, 0.1) is 5.69 Å². The Labute approximate surface area is 128 Å². The van der Waals surface area contributed by atoms with Crippen LogP contribution in [0.3, 0.4) is 0 Å². The number of nitrogens with one attached hydrogen (secondary N) is 1. The van der Waals surface area contributed by atoms with Crippen molar-refractivity contribution in [2.24, 2.45) is 5.73 Å². The molecule has 0 radical (unpaired) electrons. The van der Waals surface area contributed by atoms with Gasteiger partial charge in [-0.1, -0.05) is 6.07 Å². The summed E-state index contributed by atoms with van der Waals surface area (Å²) < 4.78 is 16.0. The van der Waals surface area contributed by atoms with Crippen molar-refractivity contribution >= 4 is 24.6 Å². The number of aromatic nitrogens is 2. The maximum Gasteiger partial charge on any atom is 0.177 e. The summed E-state index contributed by atoms with van der Waals surface area (Å²) in [4.78, 5) is 3.06. The van der Waals surface area contributed by atoms with Gasteiger partial charge < -0.3 is 15.3 Å². The van der Waals surface area contributed by atoms with Crippen LogP contribution in [0.5, 0.6) is 0 Å². The molecule has 3 nitrogen and oxygen atoms in total. The Kier molecular flexibility index (Phi) is 4.62. The molecule has 108 valence electrons. The molecule has 0 amide bonds. The molecule has 1 aliphatic rings. The Balaban J connectivity index is 0.00000147. The van der Waals surface area contributed by atoms with Gasteiger partial charge in [0.1, 0.15) is 5.82 Å². The number of imidazole rings is 1. The number of hydrogen-bond donors (Lipinski definition) is 2. The van der Waals surface area contributed by atoms with Crippen LogP contribution in [0.2, 0.25) is 0 Å². The molecule has 0 aliphatic heterocycles. The minimum Gasteiger partial charge on any atom is -0.337 e. The third-order valence-corrected chi connectivity index (χ3v) is 4.15. The first kappa shape index (κ1) is 15.2. The van der Waals surface area contributed by atoms with Gasteiger partial charge in [-0.25, -0.2) is 4.39 Å². The number of aromatic amines is 1. The van der Waals surface area contributed by atoms with Crippen LogP contribution in [-0.2, 0) is 19.4 Å². The van der Waals surface area contributed by atoms with E-state index in [1.54, 1.807) is 6.07 Å². The average molecular weight is 314 g/mol. The van der Waals surface area contributed by atoms with Gasteiger partial charge >= 0.3 is 0 Å². The summed E-state index contributed by atoms with van der Waals surface area (Å²) in [5.74, 6) is -0.155. The highest BCUT2D eigenvalue weighted by atomic mass is 35.5. The third kappa shape index (κ3) is 2.66. The molecule has 1 aromatic carbocycles. The Bertz CT molecular complexity index is 665. The van der Waals surface area contributed by atoms with Crippen molar-refractivity contribution in [3.8, 4) is 0 Å². The van der Waals surface area contributed by atoms with Crippen molar-refractivity contribution in [3.63, 3.8) is 0 Å². The Hall–Kier alpha value is -1.17. The number of benzene rings is 1. The largest absolute Gasteiger partial charge is 0.337 e. The SMILES string of the molecule is Cl.NCc1c[nH]c(=S)n1C1CCc2cc(F)ccc2C1. The number of fused-ring (bicyclic) bond motifs is 1. The lowest BCUT2D eigenvalue weighted by Gasteiger charge is -2.27. The predicted octanol–water partition coefficient (Wildman–Crippen LogP) is 3.30. The third-order valence-electron chi connectivity index (χ3n) is 3.84. The molecule has 1 heterocycles. The number of rotatable bonds is 2. The molecule has 1 aliphatic carbocycles. The molecule has 2 aromatic rings. The van der Waals surface area contributed by atoms with Gasteiger partial charge in [0.2, 0.25) is 0 Å². The van der Waals surface area contributed by atoms with Crippen molar-refractivity contribution in [1.29, 1.82) is 0 Å². The van der Waals surface area contributed by atoms with E-state index in [4.69, 9.17) is 18.0 Å². The molecule has 0 saturated heterocycles. The second-order valence-corrected chi connectivity index (χ2v) is 5.36. The molecule has 0 saturated carbocycles. The minimum absolute atomic E-state index is 0. The standard InChI is InChI=1S/C14H16FN3S.ClH/c15-11-3-1-10-6-12(4-2-9(10)5-11)18-13(7-16)8-17-14(18)19;/h1,3,5,8,12H,2,4,6-7,16H2,(H,17,19);1H. The second-order valence-electron chi connectivity index (χ2n) is 4.97. The maximum atomic E-state index is 13.2. The van der Waals surface area contributed by atoms with Crippen LogP contribution >= 0.6 is 24.6 Å². The summed E-state index contributed by atoms with van der Waals surface area (Å²) in [6, 6.07) is 5.37. The van der Waals surface area contributed by atoms with E-state index < -0.39 is 0 Å². The minimum atomic E-state index is -0.155. The highest BCUT2D eigenvalue weighted by molar-refractivity contribution is 7.71. The smallest absolute Gasteiger partial charge is 0.177 e. The highest BCUT2D eigenvalue weighted by Crippen LogP contribution is 2.30. The molecule has 0 bridgehead atoms. The summed E-state index contributed by atoms with van der Waals surface area (Å²) in [5.41, 5.74) is 9.11. The first-order chi connectivity index (χ1) is 9.19. The van der Waals surface area contributed by atoms with Crippen LogP contribution in [-0.4, -0.2) is 9.55 Å². The van der Waals surface area contributed by atoms with Crippen LogP contribution in [0.25, 0.3) is 0 Å². The fourth-order valence-electron chi connectivity index (χ4n) is 2.90. The van der Waals surface area contributed by atoms with Crippen LogP contribution in [0.4, 0.5) is 4.39 Å². The summed E-state index contributed by atoms with van der Waals surface area (Å²) >= 11 is 5.33. The first-order valence-electron chi connectivity index (χ1n) is 6.45. The number of hydrogen-bond acceptors (Lipinski definition) is 2. The van der Waals surface area contributed by atoms with Crippen LogP contribution < -0.4 is 5.73 Å². The molecule has 6 heteroatoms. The molecular weight excluding hydrogens is 297 g/mol. The van der Waals surface area contributed by atoms with Crippen molar-refractivity contribution in [2.75, 3.05) is 0 Å². The van der Waals surface area contributed by atoms with E-state index in [1.807, 2.05) is 12.3 Å². The molecule has 1 atom stereocenters. The van der Waals surface area contributed by atoms with Gasteiger partial charge in [0, 0.05) is 18.8 Å². The average Bonchev–Trinajstić information content (AvgIpc) is 2.79. The van der Waals surface area contributed by atoms with Crippen molar-refractivity contribution in [1.82, 2.24) is 9.55 Å².